The lowest BCUT2D eigenvalue weighted by Gasteiger charge is -2.14. The van der Waals surface area contributed by atoms with Crippen molar-refractivity contribution in [2.24, 2.45) is 10.9 Å². The molecule has 0 saturated carbocycles. The van der Waals surface area contributed by atoms with Crippen molar-refractivity contribution in [2.45, 2.75) is 33.2 Å². The molecule has 2 aromatic rings. The van der Waals surface area contributed by atoms with Crippen molar-refractivity contribution in [2.75, 3.05) is 11.9 Å². The van der Waals surface area contributed by atoms with Gasteiger partial charge in [0, 0.05) is 11.6 Å². The number of hydrogen-bond donors (Lipinski definition) is 3. The average molecular weight is 436 g/mol. The Balaban J connectivity index is 2.21. The molecule has 0 aliphatic heterocycles. The maximum Gasteiger partial charge on any atom is 0.250 e. The van der Waals surface area contributed by atoms with E-state index in [9.17, 15) is 22.8 Å². The summed E-state index contributed by atoms with van der Waals surface area (Å²) in [6.45, 7) is 5.18. The number of benzene rings is 2. The van der Waals surface area contributed by atoms with Crippen molar-refractivity contribution >= 4 is 29.4 Å². The topological polar surface area (TPSA) is 106 Å². The number of oxime groups is 1. The summed E-state index contributed by atoms with van der Waals surface area (Å²) in [5.74, 6) is -4.80. The van der Waals surface area contributed by atoms with Crippen LogP contribution in [0.25, 0.3) is 0 Å². The Hall–Kier alpha value is -3.56. The minimum atomic E-state index is -1.44. The van der Waals surface area contributed by atoms with Gasteiger partial charge in [0.25, 0.3) is 5.91 Å². The Bertz CT molecular complexity index is 1010. The van der Waals surface area contributed by atoms with E-state index in [1.54, 1.807) is 26.8 Å². The number of amides is 2. The van der Waals surface area contributed by atoms with Gasteiger partial charge in [0.05, 0.1) is 29.6 Å². The lowest BCUT2D eigenvalue weighted by atomic mass is 10.1. The summed E-state index contributed by atoms with van der Waals surface area (Å²) in [4.78, 5) is 28.2. The number of carbonyl (C=O) groups excluding carboxylic acids is 2. The van der Waals surface area contributed by atoms with Crippen molar-refractivity contribution in [3.05, 3.63) is 58.4 Å². The van der Waals surface area contributed by atoms with Gasteiger partial charge in [0.15, 0.2) is 11.6 Å². The van der Waals surface area contributed by atoms with Crippen molar-refractivity contribution in [1.82, 2.24) is 5.32 Å². The monoisotopic (exact) mass is 436 g/mol. The first-order chi connectivity index (χ1) is 14.6. The number of nitrogens with two attached hydrogens (primary N) is 1. The molecule has 7 nitrogen and oxygen atoms in total. The van der Waals surface area contributed by atoms with Crippen LogP contribution in [0.3, 0.4) is 0 Å². The molecule has 0 unspecified atom stereocenters. The maximum absolute atomic E-state index is 14.7. The van der Waals surface area contributed by atoms with E-state index in [2.05, 4.69) is 15.8 Å². The zero-order valence-electron chi connectivity index (χ0n) is 17.3. The number of nitrogens with one attached hydrogen (secondary N) is 2. The molecule has 0 spiro atoms. The fraction of sp³-hybridized carbons (Fsp3) is 0.286. The highest BCUT2D eigenvalue weighted by Crippen LogP contribution is 2.29. The second kappa shape index (κ2) is 10.5. The molecule has 2 amide bonds. The first kappa shape index (κ1) is 23.7. The predicted molar refractivity (Wildman–Crippen MR) is 111 cm³/mol. The minimum Gasteiger partial charge on any atom is -0.395 e. The molecule has 10 heteroatoms. The smallest absolute Gasteiger partial charge is 0.250 e. The highest BCUT2D eigenvalue weighted by molar-refractivity contribution is 6.01. The van der Waals surface area contributed by atoms with Gasteiger partial charge in [0.1, 0.15) is 12.4 Å². The van der Waals surface area contributed by atoms with Crippen LogP contribution in [0.4, 0.5) is 24.5 Å². The summed E-state index contributed by atoms with van der Waals surface area (Å²) in [6.07, 6.45) is 0.866. The van der Waals surface area contributed by atoms with Crippen molar-refractivity contribution in [3.63, 3.8) is 0 Å². The van der Waals surface area contributed by atoms with Gasteiger partial charge >= 0.3 is 0 Å². The van der Waals surface area contributed by atoms with E-state index in [0.717, 1.165) is 12.3 Å². The van der Waals surface area contributed by atoms with Crippen LogP contribution >= 0.6 is 0 Å². The van der Waals surface area contributed by atoms with Gasteiger partial charge in [-0.3, -0.25) is 9.59 Å². The van der Waals surface area contributed by atoms with E-state index in [-0.39, 0.29) is 30.7 Å². The summed E-state index contributed by atoms with van der Waals surface area (Å²) in [6, 6.07) is 5.02. The summed E-state index contributed by atoms with van der Waals surface area (Å²) in [5.41, 5.74) is 4.34. The lowest BCUT2D eigenvalue weighted by Crippen LogP contribution is -2.30. The summed E-state index contributed by atoms with van der Waals surface area (Å²) >= 11 is 0. The molecule has 0 radical (unpaired) electrons. The molecule has 2 rings (SSSR count). The van der Waals surface area contributed by atoms with Crippen LogP contribution in [-0.2, 0) is 9.63 Å². The molecular weight excluding hydrogens is 413 g/mol. The van der Waals surface area contributed by atoms with Gasteiger partial charge in [-0.2, -0.15) is 0 Å². The Morgan fingerprint density at radius 1 is 1.19 bits per heavy atom. The van der Waals surface area contributed by atoms with Gasteiger partial charge in [0.2, 0.25) is 5.91 Å². The molecular formula is C21H23F3N4O3. The molecule has 2 aromatic carbocycles. The first-order valence-electron chi connectivity index (χ1n) is 9.39. The van der Waals surface area contributed by atoms with E-state index in [4.69, 9.17) is 10.6 Å². The van der Waals surface area contributed by atoms with Crippen LogP contribution in [0.15, 0.2) is 29.4 Å². The summed E-state index contributed by atoms with van der Waals surface area (Å²) in [5, 5.41) is 8.52. The highest BCUT2D eigenvalue weighted by atomic mass is 19.2. The third-order valence-corrected chi connectivity index (χ3v) is 4.02. The third-order valence-electron chi connectivity index (χ3n) is 4.02. The third kappa shape index (κ3) is 6.46. The standard InChI is InChI=1S/C21H23F3N4O3/c1-11(2)27-17(29)6-7-31-26-10-13-9-14(21(25)30)20(19(24)18(13)23)28-16-5-4-12(3)8-15(16)22/h4-5,8-11,28H,6-7H2,1-3H3,(H2,25,30)(H,27,29)/b26-10+. The molecule has 0 bridgehead atoms. The summed E-state index contributed by atoms with van der Waals surface area (Å²) < 4.78 is 43.2. The zero-order chi connectivity index (χ0) is 23.1. The number of primary amides is 1. The van der Waals surface area contributed by atoms with Crippen LogP contribution in [0.2, 0.25) is 0 Å². The Kier molecular flexibility index (Phi) is 8.00. The average Bonchev–Trinajstić information content (AvgIpc) is 2.67. The Morgan fingerprint density at radius 3 is 2.52 bits per heavy atom. The van der Waals surface area contributed by atoms with Gasteiger partial charge in [-0.15, -0.1) is 0 Å². The Labute approximate surface area is 177 Å². The largest absolute Gasteiger partial charge is 0.395 e. The van der Waals surface area contributed by atoms with E-state index in [1.807, 2.05) is 0 Å². The lowest BCUT2D eigenvalue weighted by molar-refractivity contribution is -0.122. The highest BCUT2D eigenvalue weighted by Gasteiger charge is 2.22. The molecule has 31 heavy (non-hydrogen) atoms. The normalized spacial score (nSPS) is 11.1. The molecule has 4 N–H and O–H groups in total. The zero-order valence-corrected chi connectivity index (χ0v) is 17.3. The predicted octanol–water partition coefficient (Wildman–Crippen LogP) is 3.52. The van der Waals surface area contributed by atoms with Gasteiger partial charge in [-0.25, -0.2) is 13.2 Å². The van der Waals surface area contributed by atoms with E-state index in [1.165, 1.54) is 12.1 Å². The molecule has 0 heterocycles. The van der Waals surface area contributed by atoms with Crippen molar-refractivity contribution in [3.8, 4) is 0 Å². The van der Waals surface area contributed by atoms with E-state index in [0.29, 0.717) is 5.56 Å². The number of carbonyl (C=O) groups is 2. The molecule has 0 aliphatic carbocycles. The second-order valence-electron chi connectivity index (χ2n) is 7.03. The molecule has 0 saturated heterocycles. The minimum absolute atomic E-state index is 0.0177. The second-order valence-corrected chi connectivity index (χ2v) is 7.03. The van der Waals surface area contributed by atoms with Crippen LogP contribution in [0, 0.1) is 24.4 Å². The van der Waals surface area contributed by atoms with Crippen molar-refractivity contribution < 1.29 is 27.6 Å². The quantitative estimate of drug-likeness (QED) is 0.318. The maximum atomic E-state index is 14.7. The first-order valence-corrected chi connectivity index (χ1v) is 9.39. The SMILES string of the molecule is Cc1ccc(Nc2c(C(N)=O)cc(/C=N/OCCC(=O)NC(C)C)c(F)c2F)c(F)c1. The molecule has 0 aliphatic rings. The molecule has 0 atom stereocenters. The van der Waals surface area contributed by atoms with Gasteiger partial charge in [-0.05, 0) is 44.5 Å². The van der Waals surface area contributed by atoms with Crippen LogP contribution in [0.1, 0.15) is 41.8 Å². The van der Waals surface area contributed by atoms with E-state index < -0.39 is 40.2 Å². The number of rotatable bonds is 9. The van der Waals surface area contributed by atoms with E-state index >= 15 is 0 Å². The van der Waals surface area contributed by atoms with Gasteiger partial charge in [-0.1, -0.05) is 11.2 Å². The van der Waals surface area contributed by atoms with Gasteiger partial charge < -0.3 is 21.2 Å². The number of halogens is 3. The molecule has 166 valence electrons. The number of hydrogen-bond acceptors (Lipinski definition) is 5. The number of anilines is 2. The summed E-state index contributed by atoms with van der Waals surface area (Å²) in [7, 11) is 0. The van der Waals surface area contributed by atoms with Crippen molar-refractivity contribution in [1.29, 1.82) is 0 Å². The number of aryl methyl sites for hydroxylation is 1. The molecule has 0 fully saturated rings. The fourth-order valence-electron chi connectivity index (χ4n) is 2.59. The molecule has 0 aromatic heterocycles. The number of nitrogens with zero attached hydrogens (tertiary/aromatic N) is 1. The van der Waals surface area contributed by atoms with Crippen LogP contribution in [0.5, 0.6) is 0 Å². The Morgan fingerprint density at radius 2 is 1.90 bits per heavy atom. The van der Waals surface area contributed by atoms with Crippen LogP contribution in [-0.4, -0.2) is 30.7 Å². The fourth-order valence-corrected chi connectivity index (χ4v) is 2.59. The van der Waals surface area contributed by atoms with Crippen LogP contribution < -0.4 is 16.4 Å².